The van der Waals surface area contributed by atoms with E-state index in [2.05, 4.69) is 40.2 Å². The first kappa shape index (κ1) is 24.0. The van der Waals surface area contributed by atoms with E-state index in [0.717, 1.165) is 36.3 Å². The molecule has 34 heavy (non-hydrogen) atoms. The van der Waals surface area contributed by atoms with Gasteiger partial charge in [-0.15, -0.1) is 0 Å². The Morgan fingerprint density at radius 1 is 1.21 bits per heavy atom. The largest absolute Gasteiger partial charge is 0.486 e. The van der Waals surface area contributed by atoms with Gasteiger partial charge in [-0.2, -0.15) is 0 Å². The molecule has 2 unspecified atom stereocenters. The fourth-order valence-electron chi connectivity index (χ4n) is 3.92. The van der Waals surface area contributed by atoms with Crippen molar-refractivity contribution in [1.82, 2.24) is 15.0 Å². The maximum absolute atomic E-state index is 13.4. The van der Waals surface area contributed by atoms with Crippen molar-refractivity contribution in [2.45, 2.75) is 44.4 Å². The van der Waals surface area contributed by atoms with E-state index >= 15 is 0 Å². The number of carbonyl (C=O) groups excluding carboxylic acids is 1. The van der Waals surface area contributed by atoms with Crippen LogP contribution in [0.4, 0.5) is 11.5 Å². The zero-order chi connectivity index (χ0) is 23.9. The highest BCUT2D eigenvalue weighted by Crippen LogP contribution is 2.31. The van der Waals surface area contributed by atoms with Crippen LogP contribution in [0.25, 0.3) is 0 Å². The summed E-state index contributed by atoms with van der Waals surface area (Å²) in [5.41, 5.74) is 2.32. The minimum Gasteiger partial charge on any atom is -0.486 e. The second-order valence-electron chi connectivity index (χ2n) is 8.48. The summed E-state index contributed by atoms with van der Waals surface area (Å²) in [7, 11) is 0. The van der Waals surface area contributed by atoms with Gasteiger partial charge in [0.1, 0.15) is 23.2 Å². The van der Waals surface area contributed by atoms with Crippen LogP contribution in [0.5, 0.6) is 5.75 Å². The topological polar surface area (TPSA) is 80.2 Å². The molecule has 178 valence electrons. The molecule has 1 N–H and O–H groups in total. The van der Waals surface area contributed by atoms with Crippen LogP contribution in [0, 0.1) is 5.92 Å². The average Bonchev–Trinajstić information content (AvgIpc) is 3.05. The van der Waals surface area contributed by atoms with Gasteiger partial charge in [0.15, 0.2) is 5.16 Å². The van der Waals surface area contributed by atoms with Crippen LogP contribution in [0.15, 0.2) is 60.1 Å². The standard InChI is InChI=1S/C26H31N5O2S/c1-4-18(2)10-11-23(19-7-6-12-27-16-19)33-21-9-5-8-20(15-21)31-14-13-28-24-22(25(31)32)17-29-26(30-24)34-3/h5-9,12,15-18,23H,4,10-11,13-14H2,1-3H3,(H,28,29,30). The second-order valence-corrected chi connectivity index (χ2v) is 9.26. The first-order valence-corrected chi connectivity index (χ1v) is 12.9. The summed E-state index contributed by atoms with van der Waals surface area (Å²) >= 11 is 1.45. The van der Waals surface area contributed by atoms with Crippen molar-refractivity contribution in [1.29, 1.82) is 0 Å². The van der Waals surface area contributed by atoms with E-state index < -0.39 is 0 Å². The van der Waals surface area contributed by atoms with E-state index in [1.807, 2.05) is 42.8 Å². The minimum absolute atomic E-state index is 0.0986. The number of thioether (sulfide) groups is 1. The molecule has 2 aromatic heterocycles. The van der Waals surface area contributed by atoms with Gasteiger partial charge in [-0.05, 0) is 43.2 Å². The Balaban J connectivity index is 1.57. The van der Waals surface area contributed by atoms with Crippen LogP contribution in [0.1, 0.15) is 55.1 Å². The lowest BCUT2D eigenvalue weighted by Gasteiger charge is -2.24. The number of anilines is 2. The van der Waals surface area contributed by atoms with Crippen LogP contribution in [-0.4, -0.2) is 40.2 Å². The highest BCUT2D eigenvalue weighted by Gasteiger charge is 2.26. The fourth-order valence-corrected chi connectivity index (χ4v) is 4.26. The molecule has 0 aliphatic carbocycles. The summed E-state index contributed by atoms with van der Waals surface area (Å²) in [6.45, 7) is 5.60. The van der Waals surface area contributed by atoms with Crippen molar-refractivity contribution < 1.29 is 9.53 Å². The first-order chi connectivity index (χ1) is 16.6. The fraction of sp³-hybridized carbons (Fsp3) is 0.385. The van der Waals surface area contributed by atoms with Gasteiger partial charge in [-0.1, -0.05) is 44.2 Å². The van der Waals surface area contributed by atoms with Gasteiger partial charge in [0.25, 0.3) is 5.91 Å². The van der Waals surface area contributed by atoms with Crippen molar-refractivity contribution >= 4 is 29.2 Å². The highest BCUT2D eigenvalue weighted by molar-refractivity contribution is 7.98. The average molecular weight is 478 g/mol. The molecule has 1 aromatic carbocycles. The van der Waals surface area contributed by atoms with Crippen molar-refractivity contribution in [3.8, 4) is 5.75 Å². The first-order valence-electron chi connectivity index (χ1n) is 11.7. The Hall–Kier alpha value is -3.13. The molecule has 0 radical (unpaired) electrons. The third kappa shape index (κ3) is 5.67. The van der Waals surface area contributed by atoms with Crippen LogP contribution in [0.3, 0.4) is 0 Å². The van der Waals surface area contributed by atoms with Crippen LogP contribution in [-0.2, 0) is 0 Å². The predicted octanol–water partition coefficient (Wildman–Crippen LogP) is 5.61. The number of rotatable bonds is 9. The zero-order valence-electron chi connectivity index (χ0n) is 19.9. The molecule has 3 heterocycles. The Labute approximate surface area is 205 Å². The predicted molar refractivity (Wildman–Crippen MR) is 137 cm³/mol. The summed E-state index contributed by atoms with van der Waals surface area (Å²) in [5.74, 6) is 1.83. The molecule has 1 aliphatic heterocycles. The molecular weight excluding hydrogens is 446 g/mol. The number of carbonyl (C=O) groups is 1. The van der Waals surface area contributed by atoms with Gasteiger partial charge in [0.05, 0.1) is 0 Å². The van der Waals surface area contributed by atoms with E-state index in [4.69, 9.17) is 4.74 Å². The summed E-state index contributed by atoms with van der Waals surface area (Å²) in [6, 6.07) is 11.7. The number of hydrogen-bond acceptors (Lipinski definition) is 7. The maximum Gasteiger partial charge on any atom is 0.263 e. The van der Waals surface area contributed by atoms with E-state index in [9.17, 15) is 4.79 Å². The Morgan fingerprint density at radius 3 is 2.85 bits per heavy atom. The third-order valence-corrected chi connectivity index (χ3v) is 6.70. The number of fused-ring (bicyclic) bond motifs is 1. The number of amides is 1. The van der Waals surface area contributed by atoms with E-state index in [-0.39, 0.29) is 12.0 Å². The molecule has 0 saturated carbocycles. The molecule has 3 aromatic rings. The van der Waals surface area contributed by atoms with E-state index in [1.165, 1.54) is 11.8 Å². The number of nitrogens with zero attached hydrogens (tertiary/aromatic N) is 4. The molecule has 7 nitrogen and oxygen atoms in total. The van der Waals surface area contributed by atoms with Crippen LogP contribution < -0.4 is 15.0 Å². The molecular formula is C26H31N5O2S. The number of aromatic nitrogens is 3. The Morgan fingerprint density at radius 2 is 2.09 bits per heavy atom. The highest BCUT2D eigenvalue weighted by atomic mass is 32.2. The van der Waals surface area contributed by atoms with Gasteiger partial charge in [0.2, 0.25) is 0 Å². The Kier molecular flexibility index (Phi) is 8.00. The molecule has 8 heteroatoms. The number of hydrogen-bond donors (Lipinski definition) is 1. The maximum atomic E-state index is 13.4. The molecule has 2 atom stereocenters. The van der Waals surface area contributed by atoms with Crippen LogP contribution in [0.2, 0.25) is 0 Å². The molecule has 0 fully saturated rings. The lowest BCUT2D eigenvalue weighted by molar-refractivity contribution is 0.0989. The second kappa shape index (κ2) is 11.3. The third-order valence-electron chi connectivity index (χ3n) is 6.14. The number of nitrogens with one attached hydrogen (secondary N) is 1. The van der Waals surface area contributed by atoms with Gasteiger partial charge in [-0.25, -0.2) is 9.97 Å². The molecule has 0 spiro atoms. The molecule has 1 aliphatic rings. The van der Waals surface area contributed by atoms with Gasteiger partial charge >= 0.3 is 0 Å². The molecule has 0 bridgehead atoms. The lowest BCUT2D eigenvalue weighted by Crippen LogP contribution is -2.32. The summed E-state index contributed by atoms with van der Waals surface area (Å²) in [4.78, 5) is 28.2. The SMILES string of the molecule is CCC(C)CCC(Oc1cccc(N2CCNc3nc(SC)ncc3C2=O)c1)c1cccnc1. The Bertz CT molecular complexity index is 1110. The normalized spacial score (nSPS) is 15.1. The summed E-state index contributed by atoms with van der Waals surface area (Å²) < 4.78 is 6.47. The summed E-state index contributed by atoms with van der Waals surface area (Å²) in [6.07, 6.45) is 10.2. The molecule has 4 rings (SSSR count). The smallest absolute Gasteiger partial charge is 0.263 e. The van der Waals surface area contributed by atoms with Crippen molar-refractivity contribution in [2.24, 2.45) is 5.92 Å². The van der Waals surface area contributed by atoms with Gasteiger partial charge in [-0.3, -0.25) is 9.78 Å². The minimum atomic E-state index is -0.120. The van der Waals surface area contributed by atoms with Gasteiger partial charge < -0.3 is 15.0 Å². The van der Waals surface area contributed by atoms with Crippen LogP contribution >= 0.6 is 11.8 Å². The molecule has 1 amide bonds. The van der Waals surface area contributed by atoms with Crippen molar-refractivity contribution in [2.75, 3.05) is 29.6 Å². The van der Waals surface area contributed by atoms with E-state index in [0.29, 0.717) is 35.5 Å². The van der Waals surface area contributed by atoms with E-state index in [1.54, 1.807) is 17.3 Å². The summed E-state index contributed by atoms with van der Waals surface area (Å²) in [5, 5.41) is 3.91. The number of ether oxygens (including phenoxy) is 1. The van der Waals surface area contributed by atoms with Gasteiger partial charge in [0, 0.05) is 49.0 Å². The van der Waals surface area contributed by atoms with Crippen molar-refractivity contribution in [3.05, 3.63) is 66.1 Å². The quantitative estimate of drug-likeness (QED) is 0.317. The molecule has 0 saturated heterocycles. The monoisotopic (exact) mass is 477 g/mol. The number of pyridine rings is 1. The lowest BCUT2D eigenvalue weighted by atomic mass is 9.98. The zero-order valence-corrected chi connectivity index (χ0v) is 20.7. The number of benzene rings is 1. The van der Waals surface area contributed by atoms with Crippen molar-refractivity contribution in [3.63, 3.8) is 0 Å².